The molecule has 2 aromatic carbocycles. The number of aryl methyl sites for hydroxylation is 1. The molecule has 2 aromatic heterocycles. The summed E-state index contributed by atoms with van der Waals surface area (Å²) in [6.45, 7) is 1.12. The second kappa shape index (κ2) is 8.04. The Morgan fingerprint density at radius 2 is 2.06 bits per heavy atom. The highest BCUT2D eigenvalue weighted by Crippen LogP contribution is 2.46. The van der Waals surface area contributed by atoms with E-state index >= 15 is 0 Å². The van der Waals surface area contributed by atoms with Crippen LogP contribution in [0.4, 0.5) is 10.1 Å². The lowest BCUT2D eigenvalue weighted by molar-refractivity contribution is 0.313. The van der Waals surface area contributed by atoms with Gasteiger partial charge in [-0.3, -0.25) is 9.48 Å². The minimum Gasteiger partial charge on any atom is -0.494 e. The number of benzene rings is 2. The zero-order valence-corrected chi connectivity index (χ0v) is 17.4. The summed E-state index contributed by atoms with van der Waals surface area (Å²) >= 11 is 0. The maximum atomic E-state index is 14.3. The van der Waals surface area contributed by atoms with Crippen LogP contribution in [0.1, 0.15) is 35.5 Å². The van der Waals surface area contributed by atoms with Gasteiger partial charge in [0.15, 0.2) is 0 Å². The summed E-state index contributed by atoms with van der Waals surface area (Å²) in [6.07, 6.45) is 2.25. The van der Waals surface area contributed by atoms with Gasteiger partial charge >= 0.3 is 0 Å². The fourth-order valence-electron chi connectivity index (χ4n) is 4.22. The molecule has 0 spiro atoms. The van der Waals surface area contributed by atoms with Crippen molar-refractivity contribution in [3.05, 3.63) is 76.0 Å². The van der Waals surface area contributed by atoms with Crippen molar-refractivity contribution in [2.75, 3.05) is 18.5 Å². The third-order valence-electron chi connectivity index (χ3n) is 5.70. The molecule has 4 aromatic rings. The van der Waals surface area contributed by atoms with Crippen LogP contribution in [0.15, 0.2) is 47.5 Å². The van der Waals surface area contributed by atoms with Gasteiger partial charge in [0.1, 0.15) is 23.7 Å². The largest absolute Gasteiger partial charge is 0.494 e. The lowest BCUT2D eigenvalue weighted by atomic mass is 9.83. The van der Waals surface area contributed by atoms with Crippen molar-refractivity contribution in [3.63, 3.8) is 0 Å². The number of nitrogens with two attached hydrogens (primary N) is 1. The van der Waals surface area contributed by atoms with Crippen LogP contribution in [0, 0.1) is 5.82 Å². The van der Waals surface area contributed by atoms with Gasteiger partial charge in [0.25, 0.3) is 5.56 Å². The quantitative estimate of drug-likeness (QED) is 0.397. The average Bonchev–Trinajstić information content (AvgIpc) is 3.21. The zero-order chi connectivity index (χ0) is 22.2. The molecule has 1 aliphatic heterocycles. The van der Waals surface area contributed by atoms with Gasteiger partial charge in [-0.15, -0.1) is 0 Å². The van der Waals surface area contributed by atoms with Crippen LogP contribution in [0.5, 0.6) is 5.75 Å². The number of aromatic amines is 1. The summed E-state index contributed by atoms with van der Waals surface area (Å²) < 4.78 is 21.7. The molecule has 3 heterocycles. The van der Waals surface area contributed by atoms with E-state index in [1.54, 1.807) is 11.7 Å². The summed E-state index contributed by atoms with van der Waals surface area (Å²) in [5.74, 6) is 0.539. The molecule has 0 saturated carbocycles. The van der Waals surface area contributed by atoms with Crippen molar-refractivity contribution in [2.45, 2.75) is 18.4 Å². The maximum Gasteiger partial charge on any atom is 0.272 e. The molecular formula is C22H22FN7O2. The monoisotopic (exact) mass is 435 g/mol. The minimum atomic E-state index is -0.498. The molecule has 0 amide bonds. The second-order valence-corrected chi connectivity index (χ2v) is 7.72. The van der Waals surface area contributed by atoms with Gasteiger partial charge < -0.3 is 15.8 Å². The van der Waals surface area contributed by atoms with Crippen LogP contribution in [-0.2, 0) is 7.05 Å². The zero-order valence-electron chi connectivity index (χ0n) is 17.4. The first-order chi connectivity index (χ1) is 15.6. The van der Waals surface area contributed by atoms with E-state index in [0.717, 1.165) is 17.7 Å². The number of nitrogens with zero attached hydrogens (tertiary/aromatic N) is 4. The predicted molar refractivity (Wildman–Crippen MR) is 117 cm³/mol. The molecule has 0 bridgehead atoms. The van der Waals surface area contributed by atoms with E-state index in [9.17, 15) is 9.18 Å². The van der Waals surface area contributed by atoms with Crippen molar-refractivity contribution in [3.8, 4) is 5.75 Å². The van der Waals surface area contributed by atoms with Crippen molar-refractivity contribution < 1.29 is 9.13 Å². The number of rotatable bonds is 6. The highest BCUT2D eigenvalue weighted by Gasteiger charge is 2.37. The van der Waals surface area contributed by atoms with Crippen LogP contribution in [0.25, 0.3) is 10.8 Å². The SMILES string of the molecule is Cn1ncnc1C1c2n[nH]c(=O)c3cc(F)cc(c23)NC1c1ccc(OCCCN)cc1. The van der Waals surface area contributed by atoms with Gasteiger partial charge in [-0.25, -0.2) is 14.5 Å². The molecule has 2 atom stereocenters. The number of hydrogen-bond donors (Lipinski definition) is 3. The molecule has 0 aliphatic carbocycles. The Bertz CT molecular complexity index is 1330. The van der Waals surface area contributed by atoms with E-state index in [1.165, 1.54) is 18.5 Å². The number of ether oxygens (including phenoxy) is 1. The molecule has 9 nitrogen and oxygen atoms in total. The molecule has 1 aliphatic rings. The fraction of sp³-hybridized carbons (Fsp3) is 0.273. The molecular weight excluding hydrogens is 413 g/mol. The summed E-state index contributed by atoms with van der Waals surface area (Å²) in [5.41, 5.74) is 7.13. The Hall–Kier alpha value is -3.79. The molecule has 10 heteroatoms. The third kappa shape index (κ3) is 3.38. The summed E-state index contributed by atoms with van der Waals surface area (Å²) in [4.78, 5) is 16.8. The molecule has 0 fully saturated rings. The summed E-state index contributed by atoms with van der Waals surface area (Å²) in [7, 11) is 1.80. The second-order valence-electron chi connectivity index (χ2n) is 7.72. The molecule has 5 rings (SSSR count). The van der Waals surface area contributed by atoms with Crippen LogP contribution in [0.2, 0.25) is 0 Å². The average molecular weight is 435 g/mol. The number of aromatic nitrogens is 5. The lowest BCUT2D eigenvalue weighted by Gasteiger charge is -2.33. The topological polar surface area (TPSA) is 124 Å². The Morgan fingerprint density at radius 3 is 2.78 bits per heavy atom. The predicted octanol–water partition coefficient (Wildman–Crippen LogP) is 2.22. The Morgan fingerprint density at radius 1 is 1.25 bits per heavy atom. The molecule has 0 saturated heterocycles. The van der Waals surface area contributed by atoms with Crippen LogP contribution in [-0.4, -0.2) is 38.1 Å². The minimum absolute atomic E-state index is 0.242. The van der Waals surface area contributed by atoms with E-state index < -0.39 is 11.4 Å². The highest BCUT2D eigenvalue weighted by molar-refractivity contribution is 5.97. The van der Waals surface area contributed by atoms with Gasteiger partial charge in [0, 0.05) is 18.1 Å². The number of hydrogen-bond acceptors (Lipinski definition) is 7. The van der Waals surface area contributed by atoms with Crippen molar-refractivity contribution >= 4 is 16.5 Å². The van der Waals surface area contributed by atoms with E-state index in [2.05, 4.69) is 25.6 Å². The van der Waals surface area contributed by atoms with Gasteiger partial charge in [0.2, 0.25) is 0 Å². The summed E-state index contributed by atoms with van der Waals surface area (Å²) in [6, 6.07) is 9.96. The summed E-state index contributed by atoms with van der Waals surface area (Å²) in [5, 5.41) is 15.3. The normalized spacial score (nSPS) is 17.3. The van der Waals surface area contributed by atoms with E-state index in [0.29, 0.717) is 35.7 Å². The van der Waals surface area contributed by atoms with Crippen molar-refractivity contribution in [2.24, 2.45) is 12.8 Å². The Balaban J connectivity index is 1.63. The van der Waals surface area contributed by atoms with Crippen LogP contribution >= 0.6 is 0 Å². The molecule has 164 valence electrons. The Labute approximate surface area is 182 Å². The van der Waals surface area contributed by atoms with Crippen LogP contribution in [0.3, 0.4) is 0 Å². The molecule has 0 radical (unpaired) electrons. The number of anilines is 1. The third-order valence-corrected chi connectivity index (χ3v) is 5.70. The standard InChI is InChI=1S/C22H22FN7O2/c1-30-21(25-11-26-30)18-19(12-3-5-14(6-4-12)32-8-2-7-24)27-16-10-13(23)9-15-17(16)20(18)28-29-22(15)31/h3-6,9-11,18-19,27H,2,7-8,24H2,1H3,(H,29,31). The van der Waals surface area contributed by atoms with E-state index in [1.807, 2.05) is 24.3 Å². The maximum absolute atomic E-state index is 14.3. The molecule has 32 heavy (non-hydrogen) atoms. The van der Waals surface area contributed by atoms with E-state index in [4.69, 9.17) is 10.5 Å². The number of halogens is 1. The van der Waals surface area contributed by atoms with Crippen LogP contribution < -0.4 is 21.3 Å². The van der Waals surface area contributed by atoms with Gasteiger partial charge in [-0.2, -0.15) is 10.2 Å². The fourth-order valence-corrected chi connectivity index (χ4v) is 4.22. The first-order valence-corrected chi connectivity index (χ1v) is 10.3. The number of nitrogens with one attached hydrogen (secondary N) is 2. The van der Waals surface area contributed by atoms with E-state index in [-0.39, 0.29) is 17.3 Å². The molecule has 2 unspecified atom stereocenters. The first kappa shape index (κ1) is 20.1. The lowest BCUT2D eigenvalue weighted by Crippen LogP contribution is -2.30. The highest BCUT2D eigenvalue weighted by atomic mass is 19.1. The number of H-pyrrole nitrogens is 1. The van der Waals surface area contributed by atoms with Crippen molar-refractivity contribution in [1.82, 2.24) is 25.0 Å². The molecule has 4 N–H and O–H groups in total. The van der Waals surface area contributed by atoms with Gasteiger partial charge in [-0.1, -0.05) is 12.1 Å². The smallest absolute Gasteiger partial charge is 0.272 e. The van der Waals surface area contributed by atoms with Gasteiger partial charge in [-0.05, 0) is 42.8 Å². The van der Waals surface area contributed by atoms with Gasteiger partial charge in [0.05, 0.1) is 29.6 Å². The first-order valence-electron chi connectivity index (χ1n) is 10.3. The van der Waals surface area contributed by atoms with Crippen molar-refractivity contribution in [1.29, 1.82) is 0 Å². The Kier molecular flexibility index (Phi) is 5.06.